The van der Waals surface area contributed by atoms with Crippen LogP contribution in [0.1, 0.15) is 5.56 Å². The topological polar surface area (TPSA) is 66.9 Å². The normalized spacial score (nSPS) is 10.5. The molecule has 3 aromatic rings. The second-order valence-corrected chi connectivity index (χ2v) is 5.01. The molecule has 0 aliphatic rings. The molecule has 0 saturated carbocycles. The summed E-state index contributed by atoms with van der Waals surface area (Å²) in [4.78, 5) is 24.3. The molecule has 0 saturated heterocycles. The number of nitrogens with one attached hydrogen (secondary N) is 2. The van der Waals surface area contributed by atoms with Crippen LogP contribution in [0.3, 0.4) is 0 Å². The minimum atomic E-state index is -0.376. The third-order valence-corrected chi connectivity index (χ3v) is 3.34. The number of benzene rings is 2. The molecule has 1 heterocycles. The van der Waals surface area contributed by atoms with Gasteiger partial charge in [0.1, 0.15) is 5.82 Å². The Bertz CT molecular complexity index is 867. The van der Waals surface area contributed by atoms with E-state index in [4.69, 9.17) is 0 Å². The lowest BCUT2D eigenvalue weighted by Crippen LogP contribution is -2.22. The summed E-state index contributed by atoms with van der Waals surface area (Å²) in [5, 5.41) is 5.47. The fourth-order valence-electron chi connectivity index (χ4n) is 2.21. The van der Waals surface area contributed by atoms with Gasteiger partial charge in [-0.3, -0.25) is 14.7 Å². The lowest BCUT2D eigenvalue weighted by Gasteiger charge is -2.03. The Morgan fingerprint density at radius 2 is 1.78 bits per heavy atom. The Morgan fingerprint density at radius 3 is 2.48 bits per heavy atom. The molecule has 0 fully saturated rings. The molecule has 5 nitrogen and oxygen atoms in total. The highest BCUT2D eigenvalue weighted by Crippen LogP contribution is 2.09. The molecule has 1 aromatic heterocycles. The van der Waals surface area contributed by atoms with Crippen molar-refractivity contribution >= 4 is 11.6 Å². The van der Waals surface area contributed by atoms with E-state index >= 15 is 0 Å². The number of rotatable bonds is 4. The van der Waals surface area contributed by atoms with Gasteiger partial charge in [-0.2, -0.15) is 0 Å². The Balaban J connectivity index is 1.73. The van der Waals surface area contributed by atoms with Crippen LogP contribution < -0.4 is 10.9 Å². The summed E-state index contributed by atoms with van der Waals surface area (Å²) in [6, 6.07) is 14.5. The van der Waals surface area contributed by atoms with Gasteiger partial charge >= 0.3 is 0 Å². The Hall–Kier alpha value is -3.15. The Labute approximate surface area is 131 Å². The SMILES string of the molecule is O=C(Cc1c[nH]n(-c2ccccc2)c1=O)Nc1ccc(F)cc1. The quantitative estimate of drug-likeness (QED) is 0.777. The van der Waals surface area contributed by atoms with Crippen molar-refractivity contribution in [3.05, 3.63) is 82.5 Å². The number of hydrogen-bond donors (Lipinski definition) is 2. The molecule has 0 aliphatic carbocycles. The third kappa shape index (κ3) is 3.37. The standard InChI is InChI=1S/C17H14FN3O2/c18-13-6-8-14(9-7-13)20-16(22)10-12-11-19-21(17(12)23)15-4-2-1-3-5-15/h1-9,11,19H,10H2,(H,20,22). The summed E-state index contributed by atoms with van der Waals surface area (Å²) in [5.41, 5.74) is 1.26. The Morgan fingerprint density at radius 1 is 1.09 bits per heavy atom. The number of hydrogen-bond acceptors (Lipinski definition) is 2. The minimum Gasteiger partial charge on any atom is -0.326 e. The maximum absolute atomic E-state index is 12.8. The number of para-hydroxylation sites is 1. The van der Waals surface area contributed by atoms with Gasteiger partial charge in [-0.15, -0.1) is 0 Å². The zero-order chi connectivity index (χ0) is 16.2. The molecule has 0 unspecified atom stereocenters. The van der Waals surface area contributed by atoms with Crippen LogP contribution in [0.15, 0.2) is 65.6 Å². The molecule has 3 rings (SSSR count). The van der Waals surface area contributed by atoms with Crippen molar-refractivity contribution in [1.29, 1.82) is 0 Å². The molecule has 0 aliphatic heterocycles. The number of amides is 1. The van der Waals surface area contributed by atoms with Gasteiger partial charge in [-0.05, 0) is 36.4 Å². The van der Waals surface area contributed by atoms with Crippen molar-refractivity contribution in [2.45, 2.75) is 6.42 Å². The smallest absolute Gasteiger partial charge is 0.274 e. The van der Waals surface area contributed by atoms with E-state index < -0.39 is 0 Å². The summed E-state index contributed by atoms with van der Waals surface area (Å²) in [6.45, 7) is 0. The van der Waals surface area contributed by atoms with Crippen LogP contribution in [0.25, 0.3) is 5.69 Å². The summed E-state index contributed by atoms with van der Waals surface area (Å²) in [5.74, 6) is -0.715. The minimum absolute atomic E-state index is 0.0630. The van der Waals surface area contributed by atoms with E-state index in [1.54, 1.807) is 12.1 Å². The van der Waals surface area contributed by atoms with E-state index in [-0.39, 0.29) is 23.7 Å². The first-order valence-corrected chi connectivity index (χ1v) is 7.03. The highest BCUT2D eigenvalue weighted by molar-refractivity contribution is 5.92. The lowest BCUT2D eigenvalue weighted by atomic mass is 10.2. The third-order valence-electron chi connectivity index (χ3n) is 3.34. The second-order valence-electron chi connectivity index (χ2n) is 5.01. The highest BCUT2D eigenvalue weighted by atomic mass is 19.1. The van der Waals surface area contributed by atoms with E-state index in [0.717, 1.165) is 0 Å². The molecule has 0 atom stereocenters. The molecular weight excluding hydrogens is 297 g/mol. The van der Waals surface area contributed by atoms with Crippen molar-refractivity contribution < 1.29 is 9.18 Å². The number of aromatic nitrogens is 2. The maximum atomic E-state index is 12.8. The van der Waals surface area contributed by atoms with Crippen LogP contribution in [0.5, 0.6) is 0 Å². The van der Waals surface area contributed by atoms with Crippen LogP contribution in [-0.4, -0.2) is 15.7 Å². The van der Waals surface area contributed by atoms with E-state index in [1.165, 1.54) is 35.1 Å². The predicted molar refractivity (Wildman–Crippen MR) is 85.1 cm³/mol. The highest BCUT2D eigenvalue weighted by Gasteiger charge is 2.12. The lowest BCUT2D eigenvalue weighted by molar-refractivity contribution is -0.115. The van der Waals surface area contributed by atoms with E-state index in [0.29, 0.717) is 16.9 Å². The van der Waals surface area contributed by atoms with Crippen molar-refractivity contribution in [2.24, 2.45) is 0 Å². The number of anilines is 1. The molecule has 6 heteroatoms. The Kier molecular flexibility index (Phi) is 4.05. The fourth-order valence-corrected chi connectivity index (χ4v) is 2.21. The van der Waals surface area contributed by atoms with Gasteiger partial charge in [0.15, 0.2) is 0 Å². The van der Waals surface area contributed by atoms with Crippen molar-refractivity contribution in [1.82, 2.24) is 9.78 Å². The monoisotopic (exact) mass is 311 g/mol. The molecule has 1 amide bonds. The maximum Gasteiger partial charge on any atom is 0.274 e. The molecule has 0 spiro atoms. The molecule has 2 N–H and O–H groups in total. The summed E-state index contributed by atoms with van der Waals surface area (Å²) in [6.07, 6.45) is 1.45. The van der Waals surface area contributed by atoms with Crippen LogP contribution in [-0.2, 0) is 11.2 Å². The predicted octanol–water partition coefficient (Wildman–Crippen LogP) is 2.49. The van der Waals surface area contributed by atoms with Gasteiger partial charge < -0.3 is 5.32 Å². The first kappa shape index (κ1) is 14.8. The fraction of sp³-hybridized carbons (Fsp3) is 0.0588. The van der Waals surface area contributed by atoms with Crippen molar-refractivity contribution in [2.75, 3.05) is 5.32 Å². The summed E-state index contributed by atoms with van der Waals surface area (Å²) >= 11 is 0. The van der Waals surface area contributed by atoms with Crippen LogP contribution in [0.4, 0.5) is 10.1 Å². The molecule has 23 heavy (non-hydrogen) atoms. The molecular formula is C17H14FN3O2. The van der Waals surface area contributed by atoms with Crippen molar-refractivity contribution in [3.8, 4) is 5.69 Å². The molecule has 116 valence electrons. The largest absolute Gasteiger partial charge is 0.326 e. The number of halogens is 1. The van der Waals surface area contributed by atoms with Gasteiger partial charge in [0, 0.05) is 17.4 Å². The van der Waals surface area contributed by atoms with Crippen molar-refractivity contribution in [3.63, 3.8) is 0 Å². The molecule has 0 radical (unpaired) electrons. The van der Waals surface area contributed by atoms with E-state index in [2.05, 4.69) is 10.4 Å². The zero-order valence-corrected chi connectivity index (χ0v) is 12.1. The van der Waals surface area contributed by atoms with Gasteiger partial charge in [0.25, 0.3) is 5.56 Å². The van der Waals surface area contributed by atoms with E-state index in [9.17, 15) is 14.0 Å². The average molecular weight is 311 g/mol. The first-order valence-electron chi connectivity index (χ1n) is 7.03. The van der Waals surface area contributed by atoms with Gasteiger partial charge in [-0.1, -0.05) is 18.2 Å². The summed E-state index contributed by atoms with van der Waals surface area (Å²) < 4.78 is 14.2. The molecule has 2 aromatic carbocycles. The number of H-pyrrole nitrogens is 1. The second kappa shape index (κ2) is 6.31. The van der Waals surface area contributed by atoms with Crippen LogP contribution in [0, 0.1) is 5.82 Å². The van der Waals surface area contributed by atoms with Crippen LogP contribution >= 0.6 is 0 Å². The summed E-state index contributed by atoms with van der Waals surface area (Å²) in [7, 11) is 0. The first-order chi connectivity index (χ1) is 11.1. The van der Waals surface area contributed by atoms with Gasteiger partial charge in [0.05, 0.1) is 12.1 Å². The average Bonchev–Trinajstić information content (AvgIpc) is 2.91. The number of nitrogens with zero attached hydrogens (tertiary/aromatic N) is 1. The van der Waals surface area contributed by atoms with E-state index in [1.807, 2.05) is 18.2 Å². The number of carbonyl (C=O) groups is 1. The number of aromatic amines is 1. The van der Waals surface area contributed by atoms with Gasteiger partial charge in [0.2, 0.25) is 5.91 Å². The van der Waals surface area contributed by atoms with Gasteiger partial charge in [-0.25, -0.2) is 9.07 Å². The zero-order valence-electron chi connectivity index (χ0n) is 12.1. The molecule has 0 bridgehead atoms. The van der Waals surface area contributed by atoms with Crippen LogP contribution in [0.2, 0.25) is 0 Å². The number of carbonyl (C=O) groups excluding carboxylic acids is 1.